The van der Waals surface area contributed by atoms with Gasteiger partial charge in [-0.1, -0.05) is 130 Å². The first kappa shape index (κ1) is 30.1. The lowest BCUT2D eigenvalue weighted by Gasteiger charge is -2.28. The number of aromatic nitrogens is 2. The molecule has 2 heterocycles. The van der Waals surface area contributed by atoms with Gasteiger partial charge in [0.15, 0.2) is 0 Å². The number of nitrogens with zero attached hydrogens (tertiary/aromatic N) is 2. The molecule has 246 valence electrons. The summed E-state index contributed by atoms with van der Waals surface area (Å²) in [6.07, 6.45) is 12.2. The van der Waals surface area contributed by atoms with E-state index in [1.807, 2.05) is 12.3 Å². The van der Waals surface area contributed by atoms with Crippen molar-refractivity contribution in [1.29, 1.82) is 0 Å². The van der Waals surface area contributed by atoms with Gasteiger partial charge in [0.05, 0.1) is 11.7 Å². The molecule has 2 heteroatoms. The first-order valence-corrected chi connectivity index (χ1v) is 18.4. The predicted octanol–water partition coefficient (Wildman–Crippen LogP) is 12.8. The molecule has 0 saturated carbocycles. The molecule has 10 rings (SSSR count). The second-order valence-electron chi connectivity index (χ2n) is 15.4. The van der Waals surface area contributed by atoms with Crippen LogP contribution in [-0.2, 0) is 18.3 Å². The van der Waals surface area contributed by atoms with Gasteiger partial charge in [-0.25, -0.2) is 0 Å². The molecule has 2 aromatic heterocycles. The summed E-state index contributed by atoms with van der Waals surface area (Å²) in [5, 5.41) is 8.22. The minimum atomic E-state index is 0.0990. The zero-order valence-electron chi connectivity index (χ0n) is 29.4. The molecule has 2 nitrogen and oxygen atoms in total. The van der Waals surface area contributed by atoms with Gasteiger partial charge in [-0.05, 0) is 116 Å². The zero-order chi connectivity index (χ0) is 34.3. The van der Waals surface area contributed by atoms with Crippen LogP contribution in [0.5, 0.6) is 0 Å². The van der Waals surface area contributed by atoms with Gasteiger partial charge in [0.1, 0.15) is 0 Å². The number of hydrogen-bond acceptors (Lipinski definition) is 1. The van der Waals surface area contributed by atoms with Gasteiger partial charge in [0.25, 0.3) is 0 Å². The van der Waals surface area contributed by atoms with Crippen LogP contribution in [0.4, 0.5) is 0 Å². The van der Waals surface area contributed by atoms with Gasteiger partial charge in [-0.2, -0.15) is 0 Å². The Kier molecular flexibility index (Phi) is 6.73. The Balaban J connectivity index is 1.21. The van der Waals surface area contributed by atoms with Crippen molar-refractivity contribution in [1.82, 2.24) is 9.55 Å². The van der Waals surface area contributed by atoms with Crippen molar-refractivity contribution in [2.24, 2.45) is 0 Å². The van der Waals surface area contributed by atoms with Crippen LogP contribution >= 0.6 is 0 Å². The highest BCUT2D eigenvalue weighted by Gasteiger charge is 2.26. The molecule has 1 atom stereocenters. The molecule has 8 aromatic rings. The Hall–Kier alpha value is -5.73. The quantitative estimate of drug-likeness (QED) is 0.172. The topological polar surface area (TPSA) is 17.8 Å². The molecule has 0 aliphatic heterocycles. The number of para-hydroxylation sites is 2. The largest absolute Gasteiger partial charge is 0.333 e. The summed E-state index contributed by atoms with van der Waals surface area (Å²) in [5.41, 5.74) is 14.4. The number of hydrogen-bond donors (Lipinski definition) is 0. The third-order valence-electron chi connectivity index (χ3n) is 11.4. The minimum Gasteiger partial charge on any atom is -0.333 e. The summed E-state index contributed by atoms with van der Waals surface area (Å²) < 4.78 is 2.56. The number of aryl methyl sites for hydroxylation is 2. The molecule has 0 radical (unpaired) electrons. The van der Waals surface area contributed by atoms with Crippen molar-refractivity contribution in [3.8, 4) is 22.4 Å². The highest BCUT2D eigenvalue weighted by molar-refractivity contribution is 6.17. The molecule has 2 aliphatic rings. The molecule has 2 aliphatic carbocycles. The summed E-state index contributed by atoms with van der Waals surface area (Å²) in [6.45, 7) is 6.99. The van der Waals surface area contributed by atoms with E-state index >= 15 is 0 Å². The van der Waals surface area contributed by atoms with Gasteiger partial charge in [-0.3, -0.25) is 4.98 Å². The number of rotatable bonds is 4. The van der Waals surface area contributed by atoms with Gasteiger partial charge in [0.2, 0.25) is 0 Å². The maximum atomic E-state index is 4.62. The molecule has 0 N–H and O–H groups in total. The molecule has 0 fully saturated rings. The highest BCUT2D eigenvalue weighted by Crippen LogP contribution is 2.46. The SMILES string of the molecule is CC(C)(C)c1cc2c3c(ccc4c(C5=CC(n6c7ccccc7c7ccccc76)CC=C5)cc(-c5ccc(-c6ccccn6)cc5)c(c43)CC2)c1. The van der Waals surface area contributed by atoms with Crippen LogP contribution in [0.15, 0.2) is 146 Å². The first-order chi connectivity index (χ1) is 24.9. The summed E-state index contributed by atoms with van der Waals surface area (Å²) >= 11 is 0. The average molecular weight is 657 g/mol. The zero-order valence-corrected chi connectivity index (χ0v) is 29.4. The molecular weight excluding hydrogens is 617 g/mol. The Bertz CT molecular complexity index is 2680. The third kappa shape index (κ3) is 4.81. The van der Waals surface area contributed by atoms with Crippen LogP contribution in [0.1, 0.15) is 55.5 Å². The van der Waals surface area contributed by atoms with Crippen molar-refractivity contribution in [3.63, 3.8) is 0 Å². The van der Waals surface area contributed by atoms with Crippen molar-refractivity contribution < 1.29 is 0 Å². The van der Waals surface area contributed by atoms with Gasteiger partial charge in [0, 0.05) is 33.6 Å². The lowest BCUT2D eigenvalue weighted by atomic mass is 9.77. The van der Waals surface area contributed by atoms with Crippen LogP contribution in [0.2, 0.25) is 0 Å². The summed E-state index contributed by atoms with van der Waals surface area (Å²) in [4.78, 5) is 4.62. The van der Waals surface area contributed by atoms with E-state index in [4.69, 9.17) is 0 Å². The molecule has 0 saturated heterocycles. The molecule has 0 bridgehead atoms. The standard InChI is InChI=1S/C49H40N2/c1-49(2,3)36-27-34-22-24-40-42(31-18-20-32(21-19-31)44-15-8-9-26-50-44)30-43(41-25-23-35(28-36)47(34)48(40)41)33-11-10-12-37(29-33)51-45-16-6-4-13-38(45)39-14-5-7-17-46(39)51/h4-11,13-21,23,25-30,37H,12,22,24H2,1-3H3. The Morgan fingerprint density at radius 3 is 2.10 bits per heavy atom. The van der Waals surface area contributed by atoms with Crippen LogP contribution in [-0.4, -0.2) is 9.55 Å². The Morgan fingerprint density at radius 1 is 0.647 bits per heavy atom. The lowest BCUT2D eigenvalue weighted by molar-refractivity contribution is 0.590. The fourth-order valence-electron chi connectivity index (χ4n) is 8.87. The van der Waals surface area contributed by atoms with Gasteiger partial charge in [-0.15, -0.1) is 0 Å². The molecule has 0 amide bonds. The molecule has 51 heavy (non-hydrogen) atoms. The normalized spacial score (nSPS) is 15.7. The minimum absolute atomic E-state index is 0.0990. The number of allylic oxidation sites excluding steroid dienone is 4. The van der Waals surface area contributed by atoms with Crippen LogP contribution in [0, 0.1) is 0 Å². The fraction of sp³-hybridized carbons (Fsp3) is 0.163. The van der Waals surface area contributed by atoms with E-state index in [1.165, 1.54) is 82.3 Å². The summed E-state index contributed by atoms with van der Waals surface area (Å²) in [7, 11) is 0. The summed E-state index contributed by atoms with van der Waals surface area (Å²) in [6, 6.07) is 45.4. The van der Waals surface area contributed by atoms with E-state index in [2.05, 4.69) is 164 Å². The van der Waals surface area contributed by atoms with Crippen molar-refractivity contribution >= 4 is 48.9 Å². The van der Waals surface area contributed by atoms with Gasteiger partial charge >= 0.3 is 0 Å². The van der Waals surface area contributed by atoms with E-state index in [-0.39, 0.29) is 11.5 Å². The fourth-order valence-corrected chi connectivity index (χ4v) is 8.87. The number of fused-ring (bicyclic) bond motifs is 3. The molecule has 0 spiro atoms. The van der Waals surface area contributed by atoms with Crippen molar-refractivity contribution in [2.45, 2.75) is 51.5 Å². The van der Waals surface area contributed by atoms with E-state index < -0.39 is 0 Å². The monoisotopic (exact) mass is 656 g/mol. The van der Waals surface area contributed by atoms with E-state index in [0.29, 0.717) is 0 Å². The maximum absolute atomic E-state index is 4.62. The van der Waals surface area contributed by atoms with Crippen LogP contribution in [0.25, 0.3) is 71.3 Å². The van der Waals surface area contributed by atoms with Crippen molar-refractivity contribution in [2.75, 3.05) is 0 Å². The summed E-state index contributed by atoms with van der Waals surface area (Å²) in [5.74, 6) is 0. The van der Waals surface area contributed by atoms with E-state index in [9.17, 15) is 0 Å². The Morgan fingerprint density at radius 2 is 1.37 bits per heavy atom. The average Bonchev–Trinajstić information content (AvgIpc) is 3.51. The molecule has 6 aromatic carbocycles. The second-order valence-corrected chi connectivity index (χ2v) is 15.4. The number of benzene rings is 6. The van der Waals surface area contributed by atoms with Crippen LogP contribution < -0.4 is 0 Å². The molecular formula is C49H40N2. The predicted molar refractivity (Wildman–Crippen MR) is 216 cm³/mol. The number of pyridine rings is 1. The highest BCUT2D eigenvalue weighted by atomic mass is 15.0. The lowest BCUT2D eigenvalue weighted by Crippen LogP contribution is -2.13. The molecule has 1 unspecified atom stereocenters. The second kappa shape index (κ2) is 11.4. The maximum Gasteiger partial charge on any atom is 0.0701 e. The van der Waals surface area contributed by atoms with Crippen molar-refractivity contribution in [3.05, 3.63) is 168 Å². The Labute approximate surface area is 299 Å². The van der Waals surface area contributed by atoms with E-state index in [1.54, 1.807) is 0 Å². The van der Waals surface area contributed by atoms with Gasteiger partial charge < -0.3 is 4.57 Å². The van der Waals surface area contributed by atoms with E-state index in [0.717, 1.165) is 30.5 Å². The third-order valence-corrected chi connectivity index (χ3v) is 11.4. The first-order valence-electron chi connectivity index (χ1n) is 18.4. The van der Waals surface area contributed by atoms with Crippen LogP contribution in [0.3, 0.4) is 0 Å². The smallest absolute Gasteiger partial charge is 0.0701 e.